The van der Waals surface area contributed by atoms with Gasteiger partial charge in [0.05, 0.1) is 13.7 Å². The van der Waals surface area contributed by atoms with Crippen molar-refractivity contribution in [3.05, 3.63) is 75.0 Å². The molecule has 34 heavy (non-hydrogen) atoms. The molecule has 0 unspecified atom stereocenters. The maximum Gasteiger partial charge on any atom is 0.255 e. The Hall–Kier alpha value is -3.32. The Kier molecular flexibility index (Phi) is 7.22. The predicted molar refractivity (Wildman–Crippen MR) is 135 cm³/mol. The number of carbonyl (C=O) groups is 2. The Labute approximate surface area is 204 Å². The maximum absolute atomic E-state index is 13.3. The van der Waals surface area contributed by atoms with Crippen LogP contribution in [0.2, 0.25) is 0 Å². The molecule has 0 spiro atoms. The number of methoxy groups -OCH3 is 1. The highest BCUT2D eigenvalue weighted by Gasteiger charge is 2.24. The molecule has 7 heteroatoms. The van der Waals surface area contributed by atoms with Crippen molar-refractivity contribution in [3.8, 4) is 11.5 Å². The molecule has 2 heterocycles. The number of thiophene rings is 1. The van der Waals surface area contributed by atoms with Gasteiger partial charge in [0.2, 0.25) is 0 Å². The second kappa shape index (κ2) is 10.3. The molecule has 0 fully saturated rings. The zero-order valence-corrected chi connectivity index (χ0v) is 20.8. The van der Waals surface area contributed by atoms with Gasteiger partial charge in [0.15, 0.2) is 11.5 Å². The van der Waals surface area contributed by atoms with Crippen LogP contribution in [0.5, 0.6) is 11.5 Å². The third-order valence-corrected chi connectivity index (χ3v) is 6.93. The molecule has 1 aliphatic heterocycles. The number of amides is 2. The standard InChI is InChI=1S/C27H30N2O4S/c1-17(2)16-33-23-9-8-19(14-24(23)32-4)26(30)28-22-7-5-6-21(18(22)3)27(31)29-12-10-25-20(15-29)11-13-34-25/h5-9,11,13-14,17H,10,12,15-16H2,1-4H3,(H,28,30). The van der Waals surface area contributed by atoms with Crippen LogP contribution < -0.4 is 14.8 Å². The first-order valence-corrected chi connectivity index (χ1v) is 12.3. The lowest BCUT2D eigenvalue weighted by Crippen LogP contribution is -2.35. The topological polar surface area (TPSA) is 67.9 Å². The van der Waals surface area contributed by atoms with Crippen molar-refractivity contribution in [2.45, 2.75) is 33.7 Å². The van der Waals surface area contributed by atoms with Crippen LogP contribution in [-0.2, 0) is 13.0 Å². The largest absolute Gasteiger partial charge is 0.493 e. The number of nitrogens with one attached hydrogen (secondary N) is 1. The number of fused-ring (bicyclic) bond motifs is 1. The van der Waals surface area contributed by atoms with Gasteiger partial charge in [-0.05, 0) is 72.2 Å². The molecule has 3 aromatic rings. The van der Waals surface area contributed by atoms with Gasteiger partial charge in [-0.1, -0.05) is 19.9 Å². The summed E-state index contributed by atoms with van der Waals surface area (Å²) in [6.07, 6.45) is 0.882. The van der Waals surface area contributed by atoms with Crippen LogP contribution in [0.25, 0.3) is 0 Å². The minimum atomic E-state index is -0.276. The molecule has 0 aliphatic carbocycles. The van der Waals surface area contributed by atoms with Crippen molar-refractivity contribution >= 4 is 28.8 Å². The zero-order valence-electron chi connectivity index (χ0n) is 20.0. The van der Waals surface area contributed by atoms with Crippen LogP contribution in [0.1, 0.15) is 50.6 Å². The zero-order chi connectivity index (χ0) is 24.2. The van der Waals surface area contributed by atoms with Crippen LogP contribution in [0.4, 0.5) is 5.69 Å². The van der Waals surface area contributed by atoms with E-state index in [0.29, 0.717) is 53.9 Å². The van der Waals surface area contributed by atoms with Crippen molar-refractivity contribution in [2.24, 2.45) is 5.92 Å². The summed E-state index contributed by atoms with van der Waals surface area (Å²) in [6, 6.07) is 12.7. The van der Waals surface area contributed by atoms with Gasteiger partial charge < -0.3 is 19.7 Å². The number of hydrogen-bond acceptors (Lipinski definition) is 5. The second-order valence-electron chi connectivity index (χ2n) is 8.85. The molecule has 2 aromatic carbocycles. The summed E-state index contributed by atoms with van der Waals surface area (Å²) in [5, 5.41) is 5.03. The van der Waals surface area contributed by atoms with Gasteiger partial charge in [-0.3, -0.25) is 9.59 Å². The Bertz CT molecular complexity index is 1200. The number of ether oxygens (including phenoxy) is 2. The summed E-state index contributed by atoms with van der Waals surface area (Å²) in [5.74, 6) is 1.20. The van der Waals surface area contributed by atoms with E-state index in [1.165, 1.54) is 10.4 Å². The average molecular weight is 479 g/mol. The highest BCUT2D eigenvalue weighted by atomic mass is 32.1. The number of benzene rings is 2. The van der Waals surface area contributed by atoms with Gasteiger partial charge in [-0.2, -0.15) is 0 Å². The van der Waals surface area contributed by atoms with E-state index in [0.717, 1.165) is 12.0 Å². The van der Waals surface area contributed by atoms with Gasteiger partial charge in [0.1, 0.15) is 0 Å². The Morgan fingerprint density at radius 3 is 2.74 bits per heavy atom. The summed E-state index contributed by atoms with van der Waals surface area (Å²) < 4.78 is 11.2. The van der Waals surface area contributed by atoms with Crippen molar-refractivity contribution in [1.82, 2.24) is 4.90 Å². The summed E-state index contributed by atoms with van der Waals surface area (Å²) in [5.41, 5.74) is 3.64. The average Bonchev–Trinajstić information content (AvgIpc) is 3.31. The number of hydrogen-bond donors (Lipinski definition) is 1. The summed E-state index contributed by atoms with van der Waals surface area (Å²) in [4.78, 5) is 29.5. The van der Waals surface area contributed by atoms with Gasteiger partial charge in [0.25, 0.3) is 11.8 Å². The molecule has 4 rings (SSSR count). The second-order valence-corrected chi connectivity index (χ2v) is 9.85. The maximum atomic E-state index is 13.3. The van der Waals surface area contributed by atoms with Crippen LogP contribution in [0, 0.1) is 12.8 Å². The lowest BCUT2D eigenvalue weighted by Gasteiger charge is -2.28. The smallest absolute Gasteiger partial charge is 0.255 e. The summed E-state index contributed by atoms with van der Waals surface area (Å²) in [6.45, 7) is 7.89. The molecule has 6 nitrogen and oxygen atoms in total. The van der Waals surface area contributed by atoms with E-state index < -0.39 is 0 Å². The summed E-state index contributed by atoms with van der Waals surface area (Å²) >= 11 is 1.75. The Balaban J connectivity index is 1.50. The normalized spacial score (nSPS) is 12.9. The molecule has 1 aliphatic rings. The van der Waals surface area contributed by atoms with Gasteiger partial charge in [0, 0.05) is 34.8 Å². The van der Waals surface area contributed by atoms with Crippen molar-refractivity contribution in [2.75, 3.05) is 25.6 Å². The van der Waals surface area contributed by atoms with E-state index in [-0.39, 0.29) is 11.8 Å². The lowest BCUT2D eigenvalue weighted by molar-refractivity contribution is 0.0735. The Morgan fingerprint density at radius 1 is 1.15 bits per heavy atom. The van der Waals surface area contributed by atoms with E-state index in [9.17, 15) is 9.59 Å². The van der Waals surface area contributed by atoms with Gasteiger partial charge >= 0.3 is 0 Å². The minimum absolute atomic E-state index is 0.0150. The van der Waals surface area contributed by atoms with Crippen molar-refractivity contribution in [3.63, 3.8) is 0 Å². The molecule has 0 atom stereocenters. The number of anilines is 1. The molecular weight excluding hydrogens is 448 g/mol. The van der Waals surface area contributed by atoms with Crippen molar-refractivity contribution in [1.29, 1.82) is 0 Å². The van der Waals surface area contributed by atoms with Crippen molar-refractivity contribution < 1.29 is 19.1 Å². The number of nitrogens with zero attached hydrogens (tertiary/aromatic N) is 1. The number of rotatable bonds is 7. The first-order chi connectivity index (χ1) is 16.4. The molecule has 0 bridgehead atoms. The van der Waals surface area contributed by atoms with E-state index in [2.05, 4.69) is 30.6 Å². The molecule has 1 aromatic heterocycles. The molecule has 0 saturated carbocycles. The molecule has 2 amide bonds. The molecule has 178 valence electrons. The quantitative estimate of drug-likeness (QED) is 0.483. The Morgan fingerprint density at radius 2 is 1.97 bits per heavy atom. The highest BCUT2D eigenvalue weighted by Crippen LogP contribution is 2.30. The number of carbonyl (C=O) groups excluding carboxylic acids is 2. The molecule has 1 N–H and O–H groups in total. The monoisotopic (exact) mass is 478 g/mol. The fourth-order valence-corrected chi connectivity index (χ4v) is 4.86. The van der Waals surface area contributed by atoms with E-state index >= 15 is 0 Å². The van der Waals surface area contributed by atoms with Crippen LogP contribution in [0.3, 0.4) is 0 Å². The third kappa shape index (κ3) is 5.09. The predicted octanol–water partition coefficient (Wildman–Crippen LogP) is 5.55. The first-order valence-electron chi connectivity index (χ1n) is 11.4. The minimum Gasteiger partial charge on any atom is -0.493 e. The lowest BCUT2D eigenvalue weighted by atomic mass is 10.0. The fourth-order valence-electron chi connectivity index (χ4n) is 3.97. The first kappa shape index (κ1) is 23.8. The van der Waals surface area contributed by atoms with Gasteiger partial charge in [-0.15, -0.1) is 11.3 Å². The molecular formula is C27H30N2O4S. The highest BCUT2D eigenvalue weighted by molar-refractivity contribution is 7.10. The molecule has 0 radical (unpaired) electrons. The third-order valence-electron chi connectivity index (χ3n) is 5.91. The van der Waals surface area contributed by atoms with Crippen LogP contribution in [0.15, 0.2) is 47.8 Å². The molecule has 0 saturated heterocycles. The SMILES string of the molecule is COc1cc(C(=O)Nc2cccc(C(=O)N3CCc4sccc4C3)c2C)ccc1OCC(C)C. The fraction of sp³-hybridized carbons (Fsp3) is 0.333. The van der Waals surface area contributed by atoms with Crippen LogP contribution >= 0.6 is 11.3 Å². The summed E-state index contributed by atoms with van der Waals surface area (Å²) in [7, 11) is 1.55. The van der Waals surface area contributed by atoms with E-state index in [1.54, 1.807) is 42.7 Å². The van der Waals surface area contributed by atoms with E-state index in [1.807, 2.05) is 24.0 Å². The van der Waals surface area contributed by atoms with E-state index in [4.69, 9.17) is 9.47 Å². The van der Waals surface area contributed by atoms with Gasteiger partial charge in [-0.25, -0.2) is 0 Å². The van der Waals surface area contributed by atoms with Crippen LogP contribution in [-0.4, -0.2) is 37.0 Å².